The summed E-state index contributed by atoms with van der Waals surface area (Å²) < 4.78 is 14.3. The van der Waals surface area contributed by atoms with E-state index < -0.39 is 0 Å². The first kappa shape index (κ1) is 15.5. The Morgan fingerprint density at radius 1 is 1.24 bits per heavy atom. The van der Waals surface area contributed by atoms with Crippen molar-refractivity contribution in [2.24, 2.45) is 0 Å². The molecule has 2 rings (SSSR count). The summed E-state index contributed by atoms with van der Waals surface area (Å²) >= 11 is 3.42. The van der Waals surface area contributed by atoms with Gasteiger partial charge in [-0.3, -0.25) is 4.79 Å². The van der Waals surface area contributed by atoms with Gasteiger partial charge >= 0.3 is 0 Å². The third-order valence-corrected chi connectivity index (χ3v) is 3.85. The summed E-state index contributed by atoms with van der Waals surface area (Å²) in [6.45, 7) is 2.35. The van der Waals surface area contributed by atoms with Gasteiger partial charge in [-0.2, -0.15) is 0 Å². The second-order valence-corrected chi connectivity index (χ2v) is 5.52. The number of amides is 1. The van der Waals surface area contributed by atoms with Crippen LogP contribution in [0.2, 0.25) is 0 Å². The molecule has 3 nitrogen and oxygen atoms in total. The lowest BCUT2D eigenvalue weighted by atomic mass is 10.2. The quantitative estimate of drug-likeness (QED) is 0.842. The summed E-state index contributed by atoms with van der Waals surface area (Å²) in [7, 11) is 0. The maximum absolute atomic E-state index is 13.4. The number of benzene rings is 2. The van der Waals surface area contributed by atoms with Gasteiger partial charge in [-0.15, -0.1) is 0 Å². The van der Waals surface area contributed by atoms with E-state index in [0.29, 0.717) is 12.2 Å². The van der Waals surface area contributed by atoms with Gasteiger partial charge in [0.2, 0.25) is 5.91 Å². The van der Waals surface area contributed by atoms with Gasteiger partial charge < -0.3 is 10.6 Å². The van der Waals surface area contributed by atoms with Crippen molar-refractivity contribution in [3.63, 3.8) is 0 Å². The molecule has 0 aliphatic rings. The minimum Gasteiger partial charge on any atom is -0.382 e. The Balaban J connectivity index is 1.82. The Bertz CT molecular complexity index is 646. The van der Waals surface area contributed by atoms with Crippen LogP contribution in [0.5, 0.6) is 0 Å². The molecule has 0 bridgehead atoms. The summed E-state index contributed by atoms with van der Waals surface area (Å²) in [4.78, 5) is 11.8. The highest BCUT2D eigenvalue weighted by atomic mass is 79.9. The second-order valence-electron chi connectivity index (χ2n) is 4.67. The van der Waals surface area contributed by atoms with Crippen LogP contribution in [-0.4, -0.2) is 12.5 Å². The summed E-state index contributed by atoms with van der Waals surface area (Å²) in [6.07, 6.45) is 0.264. The van der Waals surface area contributed by atoms with E-state index in [1.165, 1.54) is 6.07 Å². The molecule has 0 aliphatic heterocycles. The molecule has 0 aliphatic carbocycles. The largest absolute Gasteiger partial charge is 0.382 e. The molecule has 0 unspecified atom stereocenters. The average molecular weight is 351 g/mol. The minimum absolute atomic E-state index is 0.116. The van der Waals surface area contributed by atoms with E-state index in [2.05, 4.69) is 26.6 Å². The Hall–Kier alpha value is -1.88. The zero-order valence-corrected chi connectivity index (χ0v) is 13.2. The number of hydrogen-bond donors (Lipinski definition) is 2. The fourth-order valence-corrected chi connectivity index (χ4v) is 2.19. The third-order valence-electron chi connectivity index (χ3n) is 3.00. The molecule has 0 heterocycles. The summed E-state index contributed by atoms with van der Waals surface area (Å²) in [6, 6.07) is 12.0. The molecule has 2 aromatic rings. The first-order chi connectivity index (χ1) is 10.1. The standard InChI is InChI=1S/C16H16BrFN2O/c1-11-6-7-12(10-13(11)17)20-16(21)8-9-19-15-5-3-2-4-14(15)18/h2-7,10,19H,8-9H2,1H3,(H,20,21). The first-order valence-electron chi connectivity index (χ1n) is 6.60. The predicted molar refractivity (Wildman–Crippen MR) is 87.0 cm³/mol. The van der Waals surface area contributed by atoms with E-state index in [-0.39, 0.29) is 18.1 Å². The zero-order valence-electron chi connectivity index (χ0n) is 11.6. The molecule has 0 saturated carbocycles. The molecule has 1 amide bonds. The van der Waals surface area contributed by atoms with Gasteiger partial charge in [0.1, 0.15) is 5.82 Å². The van der Waals surface area contributed by atoms with Crippen LogP contribution in [0.1, 0.15) is 12.0 Å². The number of para-hydroxylation sites is 1. The molecule has 2 aromatic carbocycles. The maximum atomic E-state index is 13.4. The molecule has 2 N–H and O–H groups in total. The molecule has 0 aromatic heterocycles. The molecule has 110 valence electrons. The van der Waals surface area contributed by atoms with Crippen molar-refractivity contribution >= 4 is 33.2 Å². The smallest absolute Gasteiger partial charge is 0.226 e. The van der Waals surface area contributed by atoms with Crippen molar-refractivity contribution in [1.29, 1.82) is 0 Å². The molecule has 0 fully saturated rings. The second kappa shape index (κ2) is 7.22. The van der Waals surface area contributed by atoms with Crippen molar-refractivity contribution < 1.29 is 9.18 Å². The summed E-state index contributed by atoms with van der Waals surface area (Å²) in [5.41, 5.74) is 2.25. The van der Waals surface area contributed by atoms with Crippen molar-refractivity contribution in [3.8, 4) is 0 Å². The Kier molecular flexibility index (Phi) is 5.33. The molecular weight excluding hydrogens is 335 g/mol. The highest BCUT2D eigenvalue weighted by Crippen LogP contribution is 2.20. The van der Waals surface area contributed by atoms with E-state index >= 15 is 0 Å². The monoisotopic (exact) mass is 350 g/mol. The van der Waals surface area contributed by atoms with Gasteiger partial charge in [0.15, 0.2) is 0 Å². The van der Waals surface area contributed by atoms with Gasteiger partial charge in [0.05, 0.1) is 5.69 Å². The zero-order chi connectivity index (χ0) is 15.2. The van der Waals surface area contributed by atoms with Crippen LogP contribution in [-0.2, 0) is 4.79 Å². The third kappa shape index (κ3) is 4.56. The van der Waals surface area contributed by atoms with Gasteiger partial charge in [-0.05, 0) is 36.8 Å². The molecule has 5 heteroatoms. The van der Waals surface area contributed by atoms with Crippen molar-refractivity contribution in [2.45, 2.75) is 13.3 Å². The lowest BCUT2D eigenvalue weighted by Crippen LogP contribution is -2.16. The molecule has 21 heavy (non-hydrogen) atoms. The SMILES string of the molecule is Cc1ccc(NC(=O)CCNc2ccccc2F)cc1Br. The van der Waals surface area contributed by atoms with Crippen LogP contribution in [0.25, 0.3) is 0 Å². The van der Waals surface area contributed by atoms with E-state index in [1.54, 1.807) is 18.2 Å². The summed E-state index contributed by atoms with van der Waals surface area (Å²) in [5, 5.41) is 5.71. The highest BCUT2D eigenvalue weighted by molar-refractivity contribution is 9.10. The fourth-order valence-electron chi connectivity index (χ4n) is 1.81. The van der Waals surface area contributed by atoms with Crippen LogP contribution in [0.4, 0.5) is 15.8 Å². The fraction of sp³-hybridized carbons (Fsp3) is 0.188. The topological polar surface area (TPSA) is 41.1 Å². The molecule has 0 radical (unpaired) electrons. The number of rotatable bonds is 5. The van der Waals surface area contributed by atoms with Gasteiger partial charge in [0, 0.05) is 23.1 Å². The number of hydrogen-bond acceptors (Lipinski definition) is 2. The Morgan fingerprint density at radius 3 is 2.71 bits per heavy atom. The van der Waals surface area contributed by atoms with Crippen LogP contribution in [0.3, 0.4) is 0 Å². The van der Waals surface area contributed by atoms with Crippen LogP contribution in [0.15, 0.2) is 46.9 Å². The van der Waals surface area contributed by atoms with Crippen LogP contribution >= 0.6 is 15.9 Å². The Morgan fingerprint density at radius 2 is 2.00 bits per heavy atom. The average Bonchev–Trinajstić information content (AvgIpc) is 2.45. The maximum Gasteiger partial charge on any atom is 0.226 e. The number of nitrogens with one attached hydrogen (secondary N) is 2. The van der Waals surface area contributed by atoms with Gasteiger partial charge in [-0.1, -0.05) is 34.1 Å². The number of carbonyl (C=O) groups is 1. The highest BCUT2D eigenvalue weighted by Gasteiger charge is 2.05. The van der Waals surface area contributed by atoms with Gasteiger partial charge in [0.25, 0.3) is 0 Å². The number of aryl methyl sites for hydroxylation is 1. The van der Waals surface area contributed by atoms with Crippen molar-refractivity contribution in [3.05, 3.63) is 58.3 Å². The molecule has 0 atom stereocenters. The van der Waals surface area contributed by atoms with E-state index in [9.17, 15) is 9.18 Å². The minimum atomic E-state index is -0.319. The van der Waals surface area contributed by atoms with Crippen molar-refractivity contribution in [1.82, 2.24) is 0 Å². The number of halogens is 2. The van der Waals surface area contributed by atoms with Crippen LogP contribution in [0, 0.1) is 12.7 Å². The molecule has 0 spiro atoms. The Labute approximate surface area is 131 Å². The summed E-state index contributed by atoms with van der Waals surface area (Å²) in [5.74, 6) is -0.435. The lowest BCUT2D eigenvalue weighted by Gasteiger charge is -2.09. The van der Waals surface area contributed by atoms with E-state index in [0.717, 1.165) is 15.7 Å². The molecule has 0 saturated heterocycles. The van der Waals surface area contributed by atoms with Gasteiger partial charge in [-0.25, -0.2) is 4.39 Å². The first-order valence-corrected chi connectivity index (χ1v) is 7.40. The van der Waals surface area contributed by atoms with E-state index in [4.69, 9.17) is 0 Å². The normalized spacial score (nSPS) is 10.2. The van der Waals surface area contributed by atoms with Crippen LogP contribution < -0.4 is 10.6 Å². The number of carbonyl (C=O) groups excluding carboxylic acids is 1. The molecular formula is C16H16BrFN2O. The lowest BCUT2D eigenvalue weighted by molar-refractivity contribution is -0.115. The number of anilines is 2. The van der Waals surface area contributed by atoms with Crippen molar-refractivity contribution in [2.75, 3.05) is 17.2 Å². The predicted octanol–water partition coefficient (Wildman–Crippen LogP) is 4.34. The van der Waals surface area contributed by atoms with E-state index in [1.807, 2.05) is 25.1 Å².